The Labute approximate surface area is 158 Å². The Kier molecular flexibility index (Phi) is 5.32. The van der Waals surface area contributed by atoms with Crippen LogP contribution in [-0.4, -0.2) is 0 Å². The van der Waals surface area contributed by atoms with Crippen molar-refractivity contribution < 1.29 is 0 Å². The van der Waals surface area contributed by atoms with Gasteiger partial charge in [-0.15, -0.1) is 0 Å². The van der Waals surface area contributed by atoms with Crippen molar-refractivity contribution in [3.8, 4) is 22.3 Å². The van der Waals surface area contributed by atoms with Crippen molar-refractivity contribution in [1.82, 2.24) is 0 Å². The molecule has 0 amide bonds. The average molecular weight is 343 g/mol. The Morgan fingerprint density at radius 2 is 1.27 bits per heavy atom. The van der Waals surface area contributed by atoms with Gasteiger partial charge < -0.3 is 0 Å². The zero-order chi connectivity index (χ0) is 18.7. The summed E-state index contributed by atoms with van der Waals surface area (Å²) in [6.45, 7) is 11.5. The summed E-state index contributed by atoms with van der Waals surface area (Å²) in [5, 5.41) is 0. The molecule has 3 rings (SSSR count). The lowest BCUT2D eigenvalue weighted by atomic mass is 9.80. The molecule has 0 aliphatic rings. The Morgan fingerprint density at radius 1 is 0.654 bits per heavy atom. The molecule has 0 bridgehead atoms. The molecule has 0 heteroatoms. The molecule has 0 saturated carbocycles. The highest BCUT2D eigenvalue weighted by Crippen LogP contribution is 2.38. The minimum atomic E-state index is 0.145. The Hall–Kier alpha value is -2.34. The van der Waals surface area contributed by atoms with Crippen LogP contribution in [0, 0.1) is 0 Å². The predicted molar refractivity (Wildman–Crippen MR) is 115 cm³/mol. The van der Waals surface area contributed by atoms with Gasteiger partial charge in [0.25, 0.3) is 0 Å². The maximum Gasteiger partial charge on any atom is -0.0102 e. The molecule has 0 unspecified atom stereocenters. The SMILES string of the molecule is CCc1cc(C(C)(C)C)cc(-c2ccccc2-c2ccccc2)c1CC. The van der Waals surface area contributed by atoms with E-state index in [0.717, 1.165) is 12.8 Å². The van der Waals surface area contributed by atoms with Crippen LogP contribution in [0.15, 0.2) is 66.7 Å². The van der Waals surface area contributed by atoms with E-state index in [0.29, 0.717) is 0 Å². The molecular formula is C26H30. The summed E-state index contributed by atoms with van der Waals surface area (Å²) in [6.07, 6.45) is 2.14. The monoisotopic (exact) mass is 342 g/mol. The largest absolute Gasteiger partial charge is 0.0622 e. The van der Waals surface area contributed by atoms with Gasteiger partial charge in [0.15, 0.2) is 0 Å². The van der Waals surface area contributed by atoms with E-state index in [1.807, 2.05) is 0 Å². The molecule has 0 aliphatic heterocycles. The Balaban J connectivity index is 2.31. The van der Waals surface area contributed by atoms with Gasteiger partial charge in [-0.25, -0.2) is 0 Å². The minimum absolute atomic E-state index is 0.145. The molecule has 0 radical (unpaired) electrons. The van der Waals surface area contributed by atoms with Crippen LogP contribution in [0.3, 0.4) is 0 Å². The molecule has 0 heterocycles. The fourth-order valence-electron chi connectivity index (χ4n) is 3.73. The molecule has 3 aromatic rings. The van der Waals surface area contributed by atoms with Gasteiger partial charge >= 0.3 is 0 Å². The van der Waals surface area contributed by atoms with Crippen LogP contribution in [0.5, 0.6) is 0 Å². The first-order valence-corrected chi connectivity index (χ1v) is 9.76. The van der Waals surface area contributed by atoms with E-state index in [-0.39, 0.29) is 5.41 Å². The van der Waals surface area contributed by atoms with Gasteiger partial charge in [0, 0.05) is 0 Å². The van der Waals surface area contributed by atoms with E-state index >= 15 is 0 Å². The lowest BCUT2D eigenvalue weighted by Crippen LogP contribution is -2.13. The van der Waals surface area contributed by atoms with E-state index in [9.17, 15) is 0 Å². The smallest absolute Gasteiger partial charge is 0.0102 e. The van der Waals surface area contributed by atoms with Crippen LogP contribution in [0.25, 0.3) is 22.3 Å². The fourth-order valence-corrected chi connectivity index (χ4v) is 3.73. The molecule has 134 valence electrons. The summed E-state index contributed by atoms with van der Waals surface area (Å²) in [5.41, 5.74) is 9.88. The van der Waals surface area contributed by atoms with Crippen LogP contribution in [0.1, 0.15) is 51.3 Å². The van der Waals surface area contributed by atoms with E-state index in [1.165, 1.54) is 38.9 Å². The van der Waals surface area contributed by atoms with Crippen molar-refractivity contribution >= 4 is 0 Å². The van der Waals surface area contributed by atoms with Gasteiger partial charge in [-0.3, -0.25) is 0 Å². The van der Waals surface area contributed by atoms with E-state index in [2.05, 4.69) is 101 Å². The highest BCUT2D eigenvalue weighted by molar-refractivity contribution is 5.85. The molecule has 26 heavy (non-hydrogen) atoms. The standard InChI is InChI=1S/C26H30/c1-6-19-17-21(26(3,4)5)18-25(22(19)7-2)24-16-12-11-15-23(24)20-13-9-8-10-14-20/h8-18H,6-7H2,1-5H3. The summed E-state index contributed by atoms with van der Waals surface area (Å²) in [7, 11) is 0. The number of hydrogen-bond acceptors (Lipinski definition) is 0. The maximum atomic E-state index is 2.43. The number of aryl methyl sites for hydroxylation is 1. The number of benzene rings is 3. The first-order valence-electron chi connectivity index (χ1n) is 9.76. The third kappa shape index (κ3) is 3.60. The van der Waals surface area contributed by atoms with Crippen LogP contribution in [0.2, 0.25) is 0 Å². The van der Waals surface area contributed by atoms with Crippen LogP contribution >= 0.6 is 0 Å². The maximum absolute atomic E-state index is 2.43. The summed E-state index contributed by atoms with van der Waals surface area (Å²) < 4.78 is 0. The van der Waals surface area contributed by atoms with Crippen molar-refractivity contribution in [2.45, 2.75) is 52.9 Å². The second-order valence-electron chi connectivity index (χ2n) is 8.03. The van der Waals surface area contributed by atoms with Gasteiger partial charge in [-0.2, -0.15) is 0 Å². The number of rotatable bonds is 4. The van der Waals surface area contributed by atoms with Crippen molar-refractivity contribution in [2.75, 3.05) is 0 Å². The summed E-state index contributed by atoms with van der Waals surface area (Å²) in [5.74, 6) is 0. The van der Waals surface area contributed by atoms with Crippen molar-refractivity contribution in [3.63, 3.8) is 0 Å². The molecule has 0 spiro atoms. The molecule has 0 fully saturated rings. The quantitative estimate of drug-likeness (QED) is 0.462. The van der Waals surface area contributed by atoms with E-state index in [1.54, 1.807) is 0 Å². The molecule has 0 nitrogen and oxygen atoms in total. The van der Waals surface area contributed by atoms with E-state index < -0.39 is 0 Å². The normalized spacial score (nSPS) is 11.6. The van der Waals surface area contributed by atoms with E-state index in [4.69, 9.17) is 0 Å². The Morgan fingerprint density at radius 3 is 1.85 bits per heavy atom. The average Bonchev–Trinajstić information content (AvgIpc) is 2.66. The molecular weight excluding hydrogens is 312 g/mol. The molecule has 0 N–H and O–H groups in total. The van der Waals surface area contributed by atoms with Crippen LogP contribution in [-0.2, 0) is 18.3 Å². The van der Waals surface area contributed by atoms with Gasteiger partial charge in [-0.05, 0) is 57.2 Å². The van der Waals surface area contributed by atoms with Crippen LogP contribution < -0.4 is 0 Å². The zero-order valence-corrected chi connectivity index (χ0v) is 16.8. The first-order chi connectivity index (χ1) is 12.5. The summed E-state index contributed by atoms with van der Waals surface area (Å²) in [4.78, 5) is 0. The predicted octanol–water partition coefficient (Wildman–Crippen LogP) is 7.44. The van der Waals surface area contributed by atoms with Crippen molar-refractivity contribution in [2.24, 2.45) is 0 Å². The van der Waals surface area contributed by atoms with Crippen molar-refractivity contribution in [3.05, 3.63) is 83.4 Å². The van der Waals surface area contributed by atoms with Gasteiger partial charge in [0.1, 0.15) is 0 Å². The Bertz CT molecular complexity index is 880. The summed E-state index contributed by atoms with van der Waals surface area (Å²) in [6, 6.07) is 24.4. The second kappa shape index (κ2) is 7.50. The highest BCUT2D eigenvalue weighted by atomic mass is 14.2. The number of hydrogen-bond donors (Lipinski definition) is 0. The molecule has 3 aromatic carbocycles. The van der Waals surface area contributed by atoms with Crippen molar-refractivity contribution in [1.29, 1.82) is 0 Å². The lowest BCUT2D eigenvalue weighted by Gasteiger charge is -2.25. The van der Waals surface area contributed by atoms with Gasteiger partial charge in [-0.1, -0.05) is 101 Å². The third-order valence-corrected chi connectivity index (χ3v) is 5.24. The topological polar surface area (TPSA) is 0 Å². The molecule has 0 aliphatic carbocycles. The van der Waals surface area contributed by atoms with Gasteiger partial charge in [0.2, 0.25) is 0 Å². The first kappa shape index (κ1) is 18.5. The molecule has 0 aromatic heterocycles. The lowest BCUT2D eigenvalue weighted by molar-refractivity contribution is 0.589. The molecule has 0 saturated heterocycles. The molecule has 0 atom stereocenters. The minimum Gasteiger partial charge on any atom is -0.0622 e. The summed E-state index contributed by atoms with van der Waals surface area (Å²) >= 11 is 0. The zero-order valence-electron chi connectivity index (χ0n) is 16.8. The second-order valence-corrected chi connectivity index (χ2v) is 8.03. The van der Waals surface area contributed by atoms with Gasteiger partial charge in [0.05, 0.1) is 0 Å². The third-order valence-electron chi connectivity index (χ3n) is 5.24. The fraction of sp³-hybridized carbons (Fsp3) is 0.308. The van der Waals surface area contributed by atoms with Crippen LogP contribution in [0.4, 0.5) is 0 Å². The highest BCUT2D eigenvalue weighted by Gasteiger charge is 2.19.